The molecule has 8 heteroatoms. The van der Waals surface area contributed by atoms with Gasteiger partial charge in [0, 0.05) is 12.6 Å². The molecule has 25 heavy (non-hydrogen) atoms. The van der Waals surface area contributed by atoms with Crippen LogP contribution in [0.3, 0.4) is 0 Å². The minimum atomic E-state index is -0.801. The first-order valence-electron chi connectivity index (χ1n) is 7.78. The molecule has 0 amide bonds. The molecule has 128 valence electrons. The maximum absolute atomic E-state index is 14.5. The molecular formula is C17H14ClFN4O2. The van der Waals surface area contributed by atoms with Gasteiger partial charge in [-0.15, -0.1) is 0 Å². The first kappa shape index (κ1) is 17.1. The Bertz CT molecular complexity index is 980. The lowest BCUT2D eigenvalue weighted by atomic mass is 10.1. The van der Waals surface area contributed by atoms with Crippen molar-refractivity contribution in [1.29, 1.82) is 10.5 Å². The fourth-order valence-corrected chi connectivity index (χ4v) is 3.16. The van der Waals surface area contributed by atoms with E-state index in [9.17, 15) is 14.4 Å². The van der Waals surface area contributed by atoms with Crippen molar-refractivity contribution >= 4 is 11.6 Å². The Balaban J connectivity index is 2.22. The molecule has 0 saturated heterocycles. The molecule has 3 rings (SSSR count). The summed E-state index contributed by atoms with van der Waals surface area (Å²) in [4.78, 5) is 12.7. The minimum Gasteiger partial charge on any atom is -0.474 e. The molecule has 1 aliphatic heterocycles. The number of benzene rings is 1. The quantitative estimate of drug-likeness (QED) is 0.842. The number of hydrogen-bond donors (Lipinski definition) is 0. The molecule has 0 aliphatic carbocycles. The Labute approximate surface area is 148 Å². The minimum absolute atomic E-state index is 0.0149. The van der Waals surface area contributed by atoms with Crippen LogP contribution in [0.15, 0.2) is 16.9 Å². The number of ether oxygens (including phenoxy) is 1. The predicted octanol–water partition coefficient (Wildman–Crippen LogP) is 2.93. The summed E-state index contributed by atoms with van der Waals surface area (Å²) in [6.45, 7) is 2.02. The lowest BCUT2D eigenvalue weighted by Crippen LogP contribution is -2.26. The van der Waals surface area contributed by atoms with Gasteiger partial charge in [-0.25, -0.2) is 13.8 Å². The van der Waals surface area contributed by atoms with Gasteiger partial charge in [0.2, 0.25) is 0 Å². The number of fused-ring (bicyclic) bond motifs is 1. The van der Waals surface area contributed by atoms with E-state index in [1.165, 1.54) is 17.6 Å². The lowest BCUT2D eigenvalue weighted by Gasteiger charge is -2.13. The Hall–Kier alpha value is -2.77. The van der Waals surface area contributed by atoms with Gasteiger partial charge in [-0.05, 0) is 32.3 Å². The number of hydrogen-bond acceptors (Lipinski definition) is 4. The van der Waals surface area contributed by atoms with E-state index in [0.717, 1.165) is 23.5 Å². The summed E-state index contributed by atoms with van der Waals surface area (Å²) in [5.41, 5.74) is 0.144. The van der Waals surface area contributed by atoms with Crippen LogP contribution < -0.4 is 10.4 Å². The third-order valence-corrected chi connectivity index (χ3v) is 4.42. The average molecular weight is 361 g/mol. The van der Waals surface area contributed by atoms with E-state index in [4.69, 9.17) is 21.6 Å². The molecule has 1 aromatic heterocycles. The Morgan fingerprint density at radius 3 is 2.80 bits per heavy atom. The highest BCUT2D eigenvalue weighted by Gasteiger charge is 2.25. The highest BCUT2D eigenvalue weighted by molar-refractivity contribution is 6.32. The first-order chi connectivity index (χ1) is 12.0. The third kappa shape index (κ3) is 2.88. The van der Waals surface area contributed by atoms with E-state index in [-0.39, 0.29) is 22.2 Å². The van der Waals surface area contributed by atoms with E-state index in [1.54, 1.807) is 0 Å². The molecule has 1 unspecified atom stereocenters. The van der Waals surface area contributed by atoms with Crippen molar-refractivity contribution in [2.75, 3.05) is 0 Å². The van der Waals surface area contributed by atoms with Crippen LogP contribution in [0.5, 0.6) is 5.75 Å². The highest BCUT2D eigenvalue weighted by atomic mass is 35.5. The van der Waals surface area contributed by atoms with Gasteiger partial charge in [-0.1, -0.05) is 11.6 Å². The maximum Gasteiger partial charge on any atom is 0.334 e. The van der Waals surface area contributed by atoms with Crippen molar-refractivity contribution in [1.82, 2.24) is 9.13 Å². The monoisotopic (exact) mass is 360 g/mol. The lowest BCUT2D eigenvalue weighted by molar-refractivity contribution is 0.276. The van der Waals surface area contributed by atoms with Gasteiger partial charge in [0.15, 0.2) is 6.10 Å². The smallest absolute Gasteiger partial charge is 0.334 e. The second-order valence-electron chi connectivity index (χ2n) is 5.76. The van der Waals surface area contributed by atoms with Crippen molar-refractivity contribution in [3.8, 4) is 23.6 Å². The summed E-state index contributed by atoms with van der Waals surface area (Å²) < 4.78 is 22.4. The number of rotatable bonds is 3. The van der Waals surface area contributed by atoms with Gasteiger partial charge < -0.3 is 4.74 Å². The summed E-state index contributed by atoms with van der Waals surface area (Å²) >= 11 is 5.97. The predicted molar refractivity (Wildman–Crippen MR) is 88.4 cm³/mol. The third-order valence-electron chi connectivity index (χ3n) is 4.12. The Kier molecular flexibility index (Phi) is 4.52. The molecule has 1 atom stereocenters. The molecule has 1 aromatic carbocycles. The van der Waals surface area contributed by atoms with Gasteiger partial charge >= 0.3 is 5.69 Å². The van der Waals surface area contributed by atoms with Gasteiger partial charge in [0.05, 0.1) is 16.4 Å². The summed E-state index contributed by atoms with van der Waals surface area (Å²) in [6.07, 6.45) is 1.49. The average Bonchev–Trinajstić information content (AvgIpc) is 2.89. The zero-order valence-corrected chi connectivity index (χ0v) is 14.2. The highest BCUT2D eigenvalue weighted by Crippen LogP contribution is 2.31. The number of halogens is 2. The molecule has 0 radical (unpaired) electrons. The molecule has 2 aromatic rings. The summed E-state index contributed by atoms with van der Waals surface area (Å²) in [7, 11) is 0. The fraction of sp³-hybridized carbons (Fsp3) is 0.353. The number of nitrogens with zero attached hydrogens (tertiary/aromatic N) is 4. The second kappa shape index (κ2) is 6.62. The van der Waals surface area contributed by atoms with Crippen LogP contribution in [0.4, 0.5) is 4.39 Å². The summed E-state index contributed by atoms with van der Waals surface area (Å²) in [5.74, 6) is -0.671. The van der Waals surface area contributed by atoms with Gasteiger partial charge in [0.1, 0.15) is 29.4 Å². The van der Waals surface area contributed by atoms with E-state index >= 15 is 0 Å². The van der Waals surface area contributed by atoms with Crippen LogP contribution >= 0.6 is 11.6 Å². The van der Waals surface area contributed by atoms with Gasteiger partial charge in [0.25, 0.3) is 0 Å². The number of nitriles is 2. The van der Waals surface area contributed by atoms with Crippen LogP contribution in [0.25, 0.3) is 5.69 Å². The molecule has 0 fully saturated rings. The van der Waals surface area contributed by atoms with Crippen molar-refractivity contribution < 1.29 is 9.13 Å². The van der Waals surface area contributed by atoms with E-state index in [0.29, 0.717) is 18.7 Å². The van der Waals surface area contributed by atoms with Gasteiger partial charge in [-0.3, -0.25) is 4.57 Å². The van der Waals surface area contributed by atoms with Crippen LogP contribution in [0, 0.1) is 28.5 Å². The molecule has 0 spiro atoms. The summed E-state index contributed by atoms with van der Waals surface area (Å²) in [6, 6.07) is 6.16. The van der Waals surface area contributed by atoms with E-state index < -0.39 is 17.6 Å². The van der Waals surface area contributed by atoms with E-state index in [2.05, 4.69) is 0 Å². The molecule has 6 nitrogen and oxygen atoms in total. The number of imidazole rings is 1. The standard InChI is InChI=1S/C17H14ClFN4O2/c1-10(8-20)25-16-7-14(12(19)6-11(16)18)23-15(9-21)13-4-2-3-5-22(13)17(23)24/h6-7,10H,2-5H2,1H3. The van der Waals surface area contributed by atoms with Crippen molar-refractivity contribution in [3.05, 3.63) is 44.8 Å². The Morgan fingerprint density at radius 2 is 2.12 bits per heavy atom. The van der Waals surface area contributed by atoms with Crippen LogP contribution in [-0.2, 0) is 13.0 Å². The second-order valence-corrected chi connectivity index (χ2v) is 6.16. The zero-order valence-electron chi connectivity index (χ0n) is 13.4. The van der Waals surface area contributed by atoms with Crippen molar-refractivity contribution in [3.63, 3.8) is 0 Å². The number of aromatic nitrogens is 2. The topological polar surface area (TPSA) is 83.7 Å². The molecule has 0 N–H and O–H groups in total. The largest absolute Gasteiger partial charge is 0.474 e. The van der Waals surface area contributed by atoms with Gasteiger partial charge in [-0.2, -0.15) is 10.5 Å². The molecule has 2 heterocycles. The first-order valence-corrected chi connectivity index (χ1v) is 8.16. The van der Waals surface area contributed by atoms with Crippen molar-refractivity contribution in [2.24, 2.45) is 0 Å². The normalized spacial score (nSPS) is 14.3. The van der Waals surface area contributed by atoms with Crippen LogP contribution in [0.2, 0.25) is 5.02 Å². The zero-order chi connectivity index (χ0) is 18.1. The Morgan fingerprint density at radius 1 is 1.36 bits per heavy atom. The van der Waals surface area contributed by atoms with Crippen molar-refractivity contribution in [2.45, 2.75) is 38.8 Å². The van der Waals surface area contributed by atoms with E-state index in [1.807, 2.05) is 12.1 Å². The van der Waals surface area contributed by atoms with Crippen LogP contribution in [0.1, 0.15) is 31.2 Å². The molecule has 0 bridgehead atoms. The SMILES string of the molecule is CC(C#N)Oc1cc(-n2c(C#N)c3n(c2=O)CCCC3)c(F)cc1Cl. The molecule has 0 saturated carbocycles. The fourth-order valence-electron chi connectivity index (χ4n) is 2.97. The van der Waals surface area contributed by atoms with Crippen LogP contribution in [-0.4, -0.2) is 15.2 Å². The molecular weight excluding hydrogens is 347 g/mol. The summed E-state index contributed by atoms with van der Waals surface area (Å²) in [5, 5.41) is 18.4. The maximum atomic E-state index is 14.5. The molecule has 1 aliphatic rings.